The van der Waals surface area contributed by atoms with Gasteiger partial charge in [-0.05, 0) is 25.5 Å². The minimum atomic E-state index is -0.341. The summed E-state index contributed by atoms with van der Waals surface area (Å²) in [5.41, 5.74) is 0.767. The molecule has 5 heteroatoms. The predicted molar refractivity (Wildman–Crippen MR) is 67.2 cm³/mol. The monoisotopic (exact) mass is 235 g/mol. The molecule has 2 rings (SSSR count). The summed E-state index contributed by atoms with van der Waals surface area (Å²) < 4.78 is 0. The SMILES string of the molecule is O=[N+]([O-])c1ccccc1NC1CCCCNC1. The molecule has 1 aliphatic rings. The van der Waals surface area contributed by atoms with Crippen LogP contribution in [0.25, 0.3) is 0 Å². The quantitative estimate of drug-likeness (QED) is 0.622. The number of benzene rings is 1. The molecule has 0 amide bonds. The van der Waals surface area contributed by atoms with Crippen LogP contribution in [-0.2, 0) is 0 Å². The Morgan fingerprint density at radius 2 is 2.18 bits per heavy atom. The number of rotatable bonds is 3. The molecular formula is C12H17N3O2. The van der Waals surface area contributed by atoms with E-state index < -0.39 is 0 Å². The Hall–Kier alpha value is -1.62. The second kappa shape index (κ2) is 5.63. The molecule has 0 spiro atoms. The lowest BCUT2D eigenvalue weighted by atomic mass is 10.1. The maximum Gasteiger partial charge on any atom is 0.292 e. The smallest absolute Gasteiger partial charge is 0.292 e. The predicted octanol–water partition coefficient (Wildman–Crippen LogP) is 2.15. The molecule has 5 nitrogen and oxygen atoms in total. The Labute approximate surface area is 100 Å². The second-order valence-corrected chi connectivity index (χ2v) is 4.32. The molecule has 1 aromatic carbocycles. The number of nitrogens with one attached hydrogen (secondary N) is 2. The molecular weight excluding hydrogens is 218 g/mol. The Morgan fingerprint density at radius 1 is 1.35 bits per heavy atom. The van der Waals surface area contributed by atoms with Crippen LogP contribution >= 0.6 is 0 Å². The summed E-state index contributed by atoms with van der Waals surface area (Å²) in [5, 5.41) is 17.5. The highest BCUT2D eigenvalue weighted by Crippen LogP contribution is 2.24. The molecule has 92 valence electrons. The molecule has 17 heavy (non-hydrogen) atoms. The lowest BCUT2D eigenvalue weighted by molar-refractivity contribution is -0.384. The summed E-state index contributed by atoms with van der Waals surface area (Å²) in [6, 6.07) is 7.09. The van der Waals surface area contributed by atoms with Gasteiger partial charge in [-0.25, -0.2) is 0 Å². The highest BCUT2D eigenvalue weighted by molar-refractivity contribution is 5.61. The molecule has 1 aromatic rings. The summed E-state index contributed by atoms with van der Waals surface area (Å²) in [4.78, 5) is 10.5. The third-order valence-corrected chi connectivity index (χ3v) is 3.01. The van der Waals surface area contributed by atoms with E-state index >= 15 is 0 Å². The van der Waals surface area contributed by atoms with Crippen LogP contribution in [0.15, 0.2) is 24.3 Å². The van der Waals surface area contributed by atoms with Gasteiger partial charge in [0.2, 0.25) is 0 Å². The number of hydrogen-bond acceptors (Lipinski definition) is 4. The van der Waals surface area contributed by atoms with Gasteiger partial charge in [0.05, 0.1) is 4.92 Å². The standard InChI is InChI=1S/C12H17N3O2/c16-15(17)12-7-2-1-6-11(12)14-10-5-3-4-8-13-9-10/h1-2,6-7,10,13-14H,3-5,8-9H2. The van der Waals surface area contributed by atoms with Crippen molar-refractivity contribution in [3.8, 4) is 0 Å². The Balaban J connectivity index is 2.09. The van der Waals surface area contributed by atoms with Crippen molar-refractivity contribution in [2.45, 2.75) is 25.3 Å². The van der Waals surface area contributed by atoms with Gasteiger partial charge in [0.25, 0.3) is 5.69 Å². The lowest BCUT2D eigenvalue weighted by Gasteiger charge is -2.17. The molecule has 1 fully saturated rings. The van der Waals surface area contributed by atoms with Crippen molar-refractivity contribution in [1.82, 2.24) is 5.32 Å². The molecule has 0 aliphatic carbocycles. The van der Waals surface area contributed by atoms with Crippen molar-refractivity contribution in [3.05, 3.63) is 34.4 Å². The molecule has 0 radical (unpaired) electrons. The van der Waals surface area contributed by atoms with Crippen molar-refractivity contribution < 1.29 is 4.92 Å². The third-order valence-electron chi connectivity index (χ3n) is 3.01. The van der Waals surface area contributed by atoms with Crippen LogP contribution in [0.1, 0.15) is 19.3 Å². The third kappa shape index (κ3) is 3.17. The molecule has 1 unspecified atom stereocenters. The summed E-state index contributed by atoms with van der Waals surface area (Å²) in [6.45, 7) is 1.90. The van der Waals surface area contributed by atoms with Gasteiger partial charge in [-0.2, -0.15) is 0 Å². The first kappa shape index (κ1) is 11.9. The first-order valence-corrected chi connectivity index (χ1v) is 5.98. The molecule has 0 bridgehead atoms. The number of hydrogen-bond donors (Lipinski definition) is 2. The molecule has 1 saturated heterocycles. The van der Waals surface area contributed by atoms with Crippen LogP contribution in [-0.4, -0.2) is 24.1 Å². The van der Waals surface area contributed by atoms with Gasteiger partial charge in [-0.15, -0.1) is 0 Å². The van der Waals surface area contributed by atoms with Gasteiger partial charge in [0.15, 0.2) is 0 Å². The summed E-state index contributed by atoms with van der Waals surface area (Å²) >= 11 is 0. The number of para-hydroxylation sites is 2. The van der Waals surface area contributed by atoms with Crippen LogP contribution in [0, 0.1) is 10.1 Å². The van der Waals surface area contributed by atoms with E-state index in [2.05, 4.69) is 10.6 Å². The summed E-state index contributed by atoms with van der Waals surface area (Å²) in [7, 11) is 0. The number of nitro groups is 1. The summed E-state index contributed by atoms with van der Waals surface area (Å²) in [6.07, 6.45) is 3.39. The minimum Gasteiger partial charge on any atom is -0.375 e. The van der Waals surface area contributed by atoms with E-state index in [0.29, 0.717) is 5.69 Å². The average Bonchev–Trinajstić information content (AvgIpc) is 2.58. The van der Waals surface area contributed by atoms with Crippen LogP contribution in [0.5, 0.6) is 0 Å². The van der Waals surface area contributed by atoms with Crippen LogP contribution in [0.3, 0.4) is 0 Å². The van der Waals surface area contributed by atoms with Crippen LogP contribution in [0.2, 0.25) is 0 Å². The fraction of sp³-hybridized carbons (Fsp3) is 0.500. The van der Waals surface area contributed by atoms with Gasteiger partial charge in [-0.1, -0.05) is 18.6 Å². The summed E-state index contributed by atoms with van der Waals surface area (Å²) in [5.74, 6) is 0. The molecule has 0 aromatic heterocycles. The normalized spacial score (nSPS) is 20.6. The van der Waals surface area contributed by atoms with E-state index in [0.717, 1.165) is 25.9 Å². The number of nitro benzene ring substituents is 1. The zero-order chi connectivity index (χ0) is 12.1. The highest BCUT2D eigenvalue weighted by Gasteiger charge is 2.17. The second-order valence-electron chi connectivity index (χ2n) is 4.32. The van der Waals surface area contributed by atoms with E-state index in [9.17, 15) is 10.1 Å². The largest absolute Gasteiger partial charge is 0.375 e. The van der Waals surface area contributed by atoms with Gasteiger partial charge < -0.3 is 10.6 Å². The Bertz CT molecular complexity index is 387. The maximum atomic E-state index is 10.9. The molecule has 1 heterocycles. The van der Waals surface area contributed by atoms with Gasteiger partial charge >= 0.3 is 0 Å². The average molecular weight is 235 g/mol. The lowest BCUT2D eigenvalue weighted by Crippen LogP contribution is -2.31. The Kier molecular flexibility index (Phi) is 3.93. The van der Waals surface area contributed by atoms with Crippen LogP contribution < -0.4 is 10.6 Å². The minimum absolute atomic E-state index is 0.150. The molecule has 1 atom stereocenters. The van der Waals surface area contributed by atoms with E-state index in [-0.39, 0.29) is 16.7 Å². The van der Waals surface area contributed by atoms with E-state index in [4.69, 9.17) is 0 Å². The number of anilines is 1. The van der Waals surface area contributed by atoms with Crippen molar-refractivity contribution in [1.29, 1.82) is 0 Å². The Morgan fingerprint density at radius 3 is 3.00 bits per heavy atom. The first-order chi connectivity index (χ1) is 8.27. The fourth-order valence-corrected chi connectivity index (χ4v) is 2.12. The van der Waals surface area contributed by atoms with Crippen molar-refractivity contribution in [2.24, 2.45) is 0 Å². The van der Waals surface area contributed by atoms with Crippen molar-refractivity contribution in [2.75, 3.05) is 18.4 Å². The first-order valence-electron chi connectivity index (χ1n) is 5.98. The zero-order valence-corrected chi connectivity index (χ0v) is 9.69. The maximum absolute atomic E-state index is 10.9. The van der Waals surface area contributed by atoms with E-state index in [1.807, 2.05) is 6.07 Å². The van der Waals surface area contributed by atoms with E-state index in [1.54, 1.807) is 12.1 Å². The number of nitrogens with zero attached hydrogens (tertiary/aromatic N) is 1. The molecule has 1 aliphatic heterocycles. The zero-order valence-electron chi connectivity index (χ0n) is 9.69. The van der Waals surface area contributed by atoms with Crippen molar-refractivity contribution in [3.63, 3.8) is 0 Å². The van der Waals surface area contributed by atoms with Gasteiger partial charge in [0.1, 0.15) is 5.69 Å². The van der Waals surface area contributed by atoms with Crippen LogP contribution in [0.4, 0.5) is 11.4 Å². The molecule has 0 saturated carbocycles. The highest BCUT2D eigenvalue weighted by atomic mass is 16.6. The van der Waals surface area contributed by atoms with Crippen molar-refractivity contribution >= 4 is 11.4 Å². The van der Waals surface area contributed by atoms with Gasteiger partial charge in [0, 0.05) is 18.7 Å². The van der Waals surface area contributed by atoms with Gasteiger partial charge in [-0.3, -0.25) is 10.1 Å². The molecule has 2 N–H and O–H groups in total. The fourth-order valence-electron chi connectivity index (χ4n) is 2.12. The van der Waals surface area contributed by atoms with E-state index in [1.165, 1.54) is 12.5 Å². The topological polar surface area (TPSA) is 67.2 Å².